The summed E-state index contributed by atoms with van der Waals surface area (Å²) in [6.07, 6.45) is 0. The van der Waals surface area contributed by atoms with E-state index in [0.717, 1.165) is 34.0 Å². The van der Waals surface area contributed by atoms with Gasteiger partial charge in [-0.1, -0.05) is 36.4 Å². The number of rotatable bonds is 3. The van der Waals surface area contributed by atoms with Crippen molar-refractivity contribution in [1.29, 1.82) is 0 Å². The standard InChI is InChI=1S/C15H15N3/c16-9-10-17-15-11-5-1-3-7-13(11)18-14-8-4-2-6-12(14)15/h1-8H,9-10,16H2,(H,17,18). The molecule has 3 heteroatoms. The highest BCUT2D eigenvalue weighted by Crippen LogP contribution is 2.30. The van der Waals surface area contributed by atoms with Crippen LogP contribution in [0.25, 0.3) is 21.8 Å². The number of nitrogens with one attached hydrogen (secondary N) is 1. The molecule has 2 aromatic carbocycles. The van der Waals surface area contributed by atoms with Crippen LogP contribution >= 0.6 is 0 Å². The van der Waals surface area contributed by atoms with Crippen LogP contribution in [-0.2, 0) is 0 Å². The van der Waals surface area contributed by atoms with Crippen LogP contribution in [0.2, 0.25) is 0 Å². The Balaban J connectivity index is 2.34. The van der Waals surface area contributed by atoms with Crippen LogP contribution in [0.3, 0.4) is 0 Å². The number of hydrogen-bond acceptors (Lipinski definition) is 3. The zero-order valence-corrected chi connectivity index (χ0v) is 10.1. The largest absolute Gasteiger partial charge is 0.383 e. The minimum atomic E-state index is 0.616. The molecule has 0 fully saturated rings. The lowest BCUT2D eigenvalue weighted by Gasteiger charge is -2.12. The van der Waals surface area contributed by atoms with E-state index in [2.05, 4.69) is 22.4 Å². The molecule has 3 N–H and O–H groups in total. The van der Waals surface area contributed by atoms with E-state index in [0.29, 0.717) is 6.54 Å². The lowest BCUT2D eigenvalue weighted by atomic mass is 10.1. The average molecular weight is 237 g/mol. The Morgan fingerprint density at radius 3 is 2.00 bits per heavy atom. The molecule has 1 aromatic heterocycles. The number of aromatic nitrogens is 1. The molecular formula is C15H15N3. The van der Waals surface area contributed by atoms with Crippen LogP contribution in [0.1, 0.15) is 0 Å². The Labute approximate surface area is 106 Å². The summed E-state index contributed by atoms with van der Waals surface area (Å²) >= 11 is 0. The monoisotopic (exact) mass is 237 g/mol. The van der Waals surface area contributed by atoms with Gasteiger partial charge in [-0.3, -0.25) is 0 Å². The van der Waals surface area contributed by atoms with Crippen LogP contribution < -0.4 is 11.1 Å². The Hall–Kier alpha value is -2.13. The summed E-state index contributed by atoms with van der Waals surface area (Å²) in [5.74, 6) is 0. The molecule has 18 heavy (non-hydrogen) atoms. The van der Waals surface area contributed by atoms with Gasteiger partial charge in [0.05, 0.1) is 16.7 Å². The van der Waals surface area contributed by atoms with Crippen molar-refractivity contribution in [2.24, 2.45) is 5.73 Å². The summed E-state index contributed by atoms with van der Waals surface area (Å²) in [7, 11) is 0. The normalized spacial score (nSPS) is 10.9. The van der Waals surface area contributed by atoms with Crippen molar-refractivity contribution in [2.75, 3.05) is 18.4 Å². The Morgan fingerprint density at radius 2 is 1.44 bits per heavy atom. The molecular weight excluding hydrogens is 222 g/mol. The molecule has 0 aliphatic rings. The van der Waals surface area contributed by atoms with Gasteiger partial charge in [0.2, 0.25) is 0 Å². The van der Waals surface area contributed by atoms with E-state index in [9.17, 15) is 0 Å². The first-order chi connectivity index (χ1) is 8.90. The van der Waals surface area contributed by atoms with E-state index in [1.54, 1.807) is 0 Å². The van der Waals surface area contributed by atoms with Crippen molar-refractivity contribution in [3.05, 3.63) is 48.5 Å². The second kappa shape index (κ2) is 4.63. The van der Waals surface area contributed by atoms with Crippen molar-refractivity contribution >= 4 is 27.5 Å². The minimum absolute atomic E-state index is 0.616. The Kier molecular flexibility index (Phi) is 2.82. The summed E-state index contributed by atoms with van der Waals surface area (Å²) in [6, 6.07) is 16.3. The number of benzene rings is 2. The molecule has 3 nitrogen and oxygen atoms in total. The summed E-state index contributed by atoms with van der Waals surface area (Å²) < 4.78 is 0. The number of anilines is 1. The fourth-order valence-corrected chi connectivity index (χ4v) is 2.23. The van der Waals surface area contributed by atoms with Gasteiger partial charge < -0.3 is 11.1 Å². The smallest absolute Gasteiger partial charge is 0.0730 e. The molecule has 3 rings (SSSR count). The molecule has 0 aliphatic heterocycles. The van der Waals surface area contributed by atoms with Gasteiger partial charge in [-0.2, -0.15) is 0 Å². The predicted octanol–water partition coefficient (Wildman–Crippen LogP) is 2.76. The third kappa shape index (κ3) is 1.79. The number of hydrogen-bond donors (Lipinski definition) is 2. The van der Waals surface area contributed by atoms with Crippen molar-refractivity contribution in [3.63, 3.8) is 0 Å². The van der Waals surface area contributed by atoms with Gasteiger partial charge in [0.1, 0.15) is 0 Å². The number of fused-ring (bicyclic) bond motifs is 2. The third-order valence-electron chi connectivity index (χ3n) is 3.03. The SMILES string of the molecule is NCCNc1c2ccccc2nc2ccccc12. The summed E-state index contributed by atoms with van der Waals surface area (Å²) in [6.45, 7) is 1.38. The molecule has 0 saturated heterocycles. The van der Waals surface area contributed by atoms with Crippen LogP contribution in [0.5, 0.6) is 0 Å². The molecule has 0 amide bonds. The first kappa shape index (κ1) is 11.0. The van der Waals surface area contributed by atoms with Crippen molar-refractivity contribution in [3.8, 4) is 0 Å². The Bertz CT molecular complexity index is 637. The highest BCUT2D eigenvalue weighted by atomic mass is 14.9. The van der Waals surface area contributed by atoms with Gasteiger partial charge in [-0.05, 0) is 12.1 Å². The predicted molar refractivity (Wildman–Crippen MR) is 76.8 cm³/mol. The molecule has 0 atom stereocenters. The number of nitrogens with two attached hydrogens (primary N) is 1. The van der Waals surface area contributed by atoms with Crippen molar-refractivity contribution in [2.45, 2.75) is 0 Å². The minimum Gasteiger partial charge on any atom is -0.383 e. The molecule has 0 aliphatic carbocycles. The van der Waals surface area contributed by atoms with Gasteiger partial charge in [0, 0.05) is 23.9 Å². The molecule has 0 bridgehead atoms. The van der Waals surface area contributed by atoms with E-state index in [4.69, 9.17) is 5.73 Å². The molecule has 0 spiro atoms. The lowest BCUT2D eigenvalue weighted by Crippen LogP contribution is -2.13. The van der Waals surface area contributed by atoms with Gasteiger partial charge >= 0.3 is 0 Å². The maximum absolute atomic E-state index is 5.59. The van der Waals surface area contributed by atoms with Gasteiger partial charge in [-0.15, -0.1) is 0 Å². The van der Waals surface area contributed by atoms with Crippen LogP contribution in [-0.4, -0.2) is 18.1 Å². The second-order valence-electron chi connectivity index (χ2n) is 4.24. The topological polar surface area (TPSA) is 50.9 Å². The first-order valence-electron chi connectivity index (χ1n) is 6.11. The molecule has 0 radical (unpaired) electrons. The summed E-state index contributed by atoms with van der Waals surface area (Å²) in [4.78, 5) is 4.68. The van der Waals surface area contributed by atoms with E-state index in [-0.39, 0.29) is 0 Å². The first-order valence-corrected chi connectivity index (χ1v) is 6.11. The fraction of sp³-hybridized carbons (Fsp3) is 0.133. The quantitative estimate of drug-likeness (QED) is 0.689. The van der Waals surface area contributed by atoms with Crippen LogP contribution in [0.15, 0.2) is 48.5 Å². The summed E-state index contributed by atoms with van der Waals surface area (Å²) in [5.41, 5.74) is 8.73. The average Bonchev–Trinajstić information content (AvgIpc) is 2.43. The van der Waals surface area contributed by atoms with Crippen LogP contribution in [0, 0.1) is 0 Å². The number of nitrogens with zero attached hydrogens (tertiary/aromatic N) is 1. The second-order valence-corrected chi connectivity index (χ2v) is 4.24. The fourth-order valence-electron chi connectivity index (χ4n) is 2.23. The maximum Gasteiger partial charge on any atom is 0.0730 e. The highest BCUT2D eigenvalue weighted by Gasteiger charge is 2.07. The Morgan fingerprint density at radius 1 is 0.889 bits per heavy atom. The third-order valence-corrected chi connectivity index (χ3v) is 3.03. The van der Waals surface area contributed by atoms with Crippen LogP contribution in [0.4, 0.5) is 5.69 Å². The van der Waals surface area contributed by atoms with E-state index in [1.807, 2.05) is 36.4 Å². The van der Waals surface area contributed by atoms with Crippen molar-refractivity contribution < 1.29 is 0 Å². The molecule has 0 saturated carbocycles. The summed E-state index contributed by atoms with van der Waals surface area (Å²) in [5, 5.41) is 5.70. The van der Waals surface area contributed by atoms with E-state index >= 15 is 0 Å². The number of para-hydroxylation sites is 2. The zero-order valence-electron chi connectivity index (χ0n) is 10.1. The lowest BCUT2D eigenvalue weighted by molar-refractivity contribution is 1.03. The molecule has 90 valence electrons. The van der Waals surface area contributed by atoms with Gasteiger partial charge in [0.15, 0.2) is 0 Å². The molecule has 1 heterocycles. The molecule has 3 aromatic rings. The van der Waals surface area contributed by atoms with Crippen molar-refractivity contribution in [1.82, 2.24) is 4.98 Å². The molecule has 0 unspecified atom stereocenters. The zero-order chi connectivity index (χ0) is 12.4. The maximum atomic E-state index is 5.59. The van der Waals surface area contributed by atoms with Gasteiger partial charge in [-0.25, -0.2) is 4.98 Å². The number of pyridine rings is 1. The highest BCUT2D eigenvalue weighted by molar-refractivity contribution is 6.07. The van der Waals surface area contributed by atoms with E-state index in [1.165, 1.54) is 0 Å². The van der Waals surface area contributed by atoms with E-state index < -0.39 is 0 Å². The van der Waals surface area contributed by atoms with Gasteiger partial charge in [0.25, 0.3) is 0 Å².